The number of fused-ring (bicyclic) bond motifs is 1. The molecular formula is C15H18N4. The molecule has 19 heavy (non-hydrogen) atoms. The second-order valence-corrected chi connectivity index (χ2v) is 4.59. The van der Waals surface area contributed by atoms with E-state index in [1.54, 1.807) is 0 Å². The van der Waals surface area contributed by atoms with E-state index in [1.807, 2.05) is 24.3 Å². The lowest BCUT2D eigenvalue weighted by Crippen LogP contribution is -2.19. The molecule has 0 aliphatic rings. The summed E-state index contributed by atoms with van der Waals surface area (Å²) in [5.74, 6) is 0. The van der Waals surface area contributed by atoms with E-state index in [2.05, 4.69) is 35.4 Å². The molecule has 0 saturated heterocycles. The number of anilines is 1. The summed E-state index contributed by atoms with van der Waals surface area (Å²) < 4.78 is 0. The van der Waals surface area contributed by atoms with Crippen LogP contribution in [0.3, 0.4) is 0 Å². The molecule has 0 bridgehead atoms. The van der Waals surface area contributed by atoms with Gasteiger partial charge in [0.05, 0.1) is 11.2 Å². The average Bonchev–Trinajstić information content (AvgIpc) is 2.46. The maximum atomic E-state index is 9.20. The van der Waals surface area contributed by atoms with Crippen molar-refractivity contribution in [2.45, 2.75) is 39.2 Å². The number of nitrogens with zero attached hydrogens (tertiary/aromatic N) is 3. The normalized spacial score (nSPS) is 12.1. The standard InChI is InChI=1S/C15H18N4/c1-3-7-11(4-2)17-15-12-8-5-6-9-13(12)18-19-14(15)10-16/h5-6,8-9,11H,3-4,7H2,1-2H3,(H,17,18). The quantitative estimate of drug-likeness (QED) is 0.887. The van der Waals surface area contributed by atoms with Crippen LogP contribution in [0.5, 0.6) is 0 Å². The third-order valence-corrected chi connectivity index (χ3v) is 3.25. The van der Waals surface area contributed by atoms with Crippen LogP contribution in [0.25, 0.3) is 10.9 Å². The lowest BCUT2D eigenvalue weighted by Gasteiger charge is -2.19. The minimum Gasteiger partial charge on any atom is -0.379 e. The predicted molar refractivity (Wildman–Crippen MR) is 76.9 cm³/mol. The molecule has 0 aliphatic heterocycles. The first kappa shape index (κ1) is 13.3. The Hall–Kier alpha value is -2.15. The highest BCUT2D eigenvalue weighted by atomic mass is 15.1. The fourth-order valence-electron chi connectivity index (χ4n) is 2.21. The van der Waals surface area contributed by atoms with Crippen LogP contribution in [-0.2, 0) is 0 Å². The van der Waals surface area contributed by atoms with Gasteiger partial charge in [0.15, 0.2) is 5.69 Å². The first-order valence-electron chi connectivity index (χ1n) is 6.72. The van der Waals surface area contributed by atoms with Gasteiger partial charge in [-0.15, -0.1) is 10.2 Å². The number of benzene rings is 1. The molecule has 1 unspecified atom stereocenters. The monoisotopic (exact) mass is 254 g/mol. The summed E-state index contributed by atoms with van der Waals surface area (Å²) in [5, 5.41) is 21.7. The van der Waals surface area contributed by atoms with Crippen molar-refractivity contribution in [2.24, 2.45) is 0 Å². The van der Waals surface area contributed by atoms with Gasteiger partial charge < -0.3 is 5.32 Å². The molecule has 0 spiro atoms. The molecule has 1 aromatic heterocycles. The largest absolute Gasteiger partial charge is 0.379 e. The highest BCUT2D eigenvalue weighted by Gasteiger charge is 2.13. The van der Waals surface area contributed by atoms with Gasteiger partial charge in [-0.1, -0.05) is 38.5 Å². The molecule has 1 atom stereocenters. The summed E-state index contributed by atoms with van der Waals surface area (Å²) in [6.07, 6.45) is 3.22. The Labute approximate surface area is 113 Å². The molecule has 2 rings (SSSR count). The first-order chi connectivity index (χ1) is 9.30. The van der Waals surface area contributed by atoms with E-state index < -0.39 is 0 Å². The molecule has 0 aliphatic carbocycles. The van der Waals surface area contributed by atoms with Crippen molar-refractivity contribution >= 4 is 16.6 Å². The maximum Gasteiger partial charge on any atom is 0.186 e. The molecule has 1 heterocycles. The number of nitrogens with one attached hydrogen (secondary N) is 1. The van der Waals surface area contributed by atoms with Gasteiger partial charge in [-0.25, -0.2) is 0 Å². The lowest BCUT2D eigenvalue weighted by atomic mass is 10.1. The van der Waals surface area contributed by atoms with Crippen molar-refractivity contribution in [3.8, 4) is 6.07 Å². The van der Waals surface area contributed by atoms with E-state index in [4.69, 9.17) is 0 Å². The highest BCUT2D eigenvalue weighted by molar-refractivity contribution is 5.92. The third kappa shape index (κ3) is 2.82. The molecule has 1 N–H and O–H groups in total. The Morgan fingerprint density at radius 1 is 1.26 bits per heavy atom. The third-order valence-electron chi connectivity index (χ3n) is 3.25. The Kier molecular flexibility index (Phi) is 4.30. The van der Waals surface area contributed by atoms with E-state index in [0.717, 1.165) is 35.9 Å². The predicted octanol–water partition coefficient (Wildman–Crippen LogP) is 3.49. The lowest BCUT2D eigenvalue weighted by molar-refractivity contribution is 0.622. The van der Waals surface area contributed by atoms with Gasteiger partial charge in [0, 0.05) is 11.4 Å². The van der Waals surface area contributed by atoms with Crippen molar-refractivity contribution in [3.63, 3.8) is 0 Å². The summed E-state index contributed by atoms with van der Waals surface area (Å²) in [4.78, 5) is 0. The number of aromatic nitrogens is 2. The van der Waals surface area contributed by atoms with Crippen molar-refractivity contribution < 1.29 is 0 Å². The van der Waals surface area contributed by atoms with Gasteiger partial charge in [0.25, 0.3) is 0 Å². The Bertz CT molecular complexity index is 601. The van der Waals surface area contributed by atoms with E-state index in [0.29, 0.717) is 11.7 Å². The molecule has 0 fully saturated rings. The van der Waals surface area contributed by atoms with Crippen LogP contribution in [-0.4, -0.2) is 16.2 Å². The average molecular weight is 254 g/mol. The molecule has 0 radical (unpaired) electrons. The van der Waals surface area contributed by atoms with Crippen molar-refractivity contribution in [3.05, 3.63) is 30.0 Å². The highest BCUT2D eigenvalue weighted by Crippen LogP contribution is 2.25. The zero-order valence-electron chi connectivity index (χ0n) is 11.3. The maximum absolute atomic E-state index is 9.20. The van der Waals surface area contributed by atoms with Crippen LogP contribution in [0.15, 0.2) is 24.3 Å². The first-order valence-corrected chi connectivity index (χ1v) is 6.72. The minimum absolute atomic E-state index is 0.365. The van der Waals surface area contributed by atoms with Crippen molar-refractivity contribution in [1.82, 2.24) is 10.2 Å². The van der Waals surface area contributed by atoms with Gasteiger partial charge in [-0.05, 0) is 18.9 Å². The molecule has 4 heteroatoms. The minimum atomic E-state index is 0.365. The Morgan fingerprint density at radius 3 is 2.74 bits per heavy atom. The van der Waals surface area contributed by atoms with E-state index in [-0.39, 0.29) is 0 Å². The second-order valence-electron chi connectivity index (χ2n) is 4.59. The summed E-state index contributed by atoms with van der Waals surface area (Å²) in [5.41, 5.74) is 2.00. The van der Waals surface area contributed by atoms with Crippen LogP contribution < -0.4 is 5.32 Å². The van der Waals surface area contributed by atoms with Gasteiger partial charge >= 0.3 is 0 Å². The van der Waals surface area contributed by atoms with Crippen LogP contribution in [0, 0.1) is 11.3 Å². The Morgan fingerprint density at radius 2 is 2.05 bits per heavy atom. The Balaban J connectivity index is 2.47. The number of rotatable bonds is 5. The molecule has 2 aromatic rings. The fraction of sp³-hybridized carbons (Fsp3) is 0.400. The van der Waals surface area contributed by atoms with Crippen molar-refractivity contribution in [2.75, 3.05) is 5.32 Å². The van der Waals surface area contributed by atoms with Gasteiger partial charge in [-0.2, -0.15) is 5.26 Å². The SMILES string of the molecule is CCCC(CC)Nc1c(C#N)nnc2ccccc12. The molecule has 98 valence electrons. The van der Waals surface area contributed by atoms with Crippen LogP contribution in [0.4, 0.5) is 5.69 Å². The zero-order valence-corrected chi connectivity index (χ0v) is 11.3. The van der Waals surface area contributed by atoms with Crippen LogP contribution in [0.2, 0.25) is 0 Å². The van der Waals surface area contributed by atoms with Gasteiger partial charge in [0.2, 0.25) is 0 Å². The molecule has 0 saturated carbocycles. The number of hydrogen-bond acceptors (Lipinski definition) is 4. The molecule has 4 nitrogen and oxygen atoms in total. The molecule has 1 aromatic carbocycles. The topological polar surface area (TPSA) is 61.6 Å². The van der Waals surface area contributed by atoms with E-state index in [1.165, 1.54) is 0 Å². The summed E-state index contributed by atoms with van der Waals surface area (Å²) >= 11 is 0. The summed E-state index contributed by atoms with van der Waals surface area (Å²) in [7, 11) is 0. The van der Waals surface area contributed by atoms with E-state index >= 15 is 0 Å². The van der Waals surface area contributed by atoms with Crippen molar-refractivity contribution in [1.29, 1.82) is 5.26 Å². The smallest absolute Gasteiger partial charge is 0.186 e. The van der Waals surface area contributed by atoms with Crippen LogP contribution in [0.1, 0.15) is 38.8 Å². The van der Waals surface area contributed by atoms with Gasteiger partial charge in [0.1, 0.15) is 6.07 Å². The van der Waals surface area contributed by atoms with E-state index in [9.17, 15) is 5.26 Å². The molecule has 0 amide bonds. The number of nitriles is 1. The van der Waals surface area contributed by atoms with Crippen LogP contribution >= 0.6 is 0 Å². The van der Waals surface area contributed by atoms with Gasteiger partial charge in [-0.3, -0.25) is 0 Å². The summed E-state index contributed by atoms with van der Waals surface area (Å²) in [6.45, 7) is 4.31. The second kappa shape index (κ2) is 6.14. The zero-order chi connectivity index (χ0) is 13.7. The summed E-state index contributed by atoms with van der Waals surface area (Å²) in [6, 6.07) is 10.3. The fourth-order valence-corrected chi connectivity index (χ4v) is 2.21. The number of hydrogen-bond donors (Lipinski definition) is 1. The molecular weight excluding hydrogens is 236 g/mol.